The van der Waals surface area contributed by atoms with Crippen LogP contribution in [0.15, 0.2) is 22.7 Å². The first-order chi connectivity index (χ1) is 11.4. The topological polar surface area (TPSA) is 150 Å². The number of nitrogens with one attached hydrogen (secondary N) is 1. The Hall–Kier alpha value is -2.53. The van der Waals surface area contributed by atoms with Gasteiger partial charge in [-0.1, -0.05) is 17.8 Å². The van der Waals surface area contributed by atoms with Gasteiger partial charge in [-0.15, -0.1) is 16.4 Å². The monoisotopic (exact) mass is 369 g/mol. The molecule has 2 aromatic rings. The van der Waals surface area contributed by atoms with E-state index in [0.717, 1.165) is 0 Å². The van der Waals surface area contributed by atoms with Crippen molar-refractivity contribution in [2.45, 2.75) is 23.2 Å². The number of ketones is 2. The third kappa shape index (κ3) is 4.73. The van der Waals surface area contributed by atoms with E-state index in [4.69, 9.17) is 10.2 Å². The summed E-state index contributed by atoms with van der Waals surface area (Å²) in [5.74, 6) is -3.72. The second-order valence-corrected chi connectivity index (χ2v) is 6.63. The zero-order chi connectivity index (χ0) is 17.7. The highest BCUT2D eigenvalue weighted by molar-refractivity contribution is 8.00. The molecular weight excluding hydrogens is 358 g/mol. The van der Waals surface area contributed by atoms with Crippen molar-refractivity contribution >= 4 is 46.6 Å². The van der Waals surface area contributed by atoms with Gasteiger partial charge in [-0.05, 0) is 11.4 Å². The largest absolute Gasteiger partial charge is 0.481 e. The Morgan fingerprint density at radius 3 is 2.58 bits per heavy atom. The molecule has 0 aliphatic heterocycles. The number of H-pyrrole nitrogens is 1. The number of thiophene rings is 1. The van der Waals surface area contributed by atoms with Crippen molar-refractivity contribution in [2.24, 2.45) is 0 Å². The summed E-state index contributed by atoms with van der Waals surface area (Å²) in [6, 6.07) is 3.30. The molecule has 24 heavy (non-hydrogen) atoms. The van der Waals surface area contributed by atoms with E-state index < -0.39 is 35.8 Å². The van der Waals surface area contributed by atoms with Crippen molar-refractivity contribution in [3.05, 3.63) is 28.2 Å². The second kappa shape index (κ2) is 7.84. The molecule has 0 bridgehead atoms. The van der Waals surface area contributed by atoms with Crippen LogP contribution in [0, 0.1) is 0 Å². The first-order valence-corrected chi connectivity index (χ1v) is 8.26. The molecule has 11 heteroatoms. The number of nitrogens with zero attached hydrogens (tertiary/aromatic N) is 2. The van der Waals surface area contributed by atoms with Crippen molar-refractivity contribution in [1.29, 1.82) is 0 Å². The first-order valence-electron chi connectivity index (χ1n) is 6.50. The Labute approximate surface area is 143 Å². The maximum atomic E-state index is 12.0. The summed E-state index contributed by atoms with van der Waals surface area (Å²) in [7, 11) is 0. The van der Waals surface area contributed by atoms with Gasteiger partial charge in [-0.25, -0.2) is 0 Å². The number of aliphatic carboxylic acids is 2. The minimum absolute atomic E-state index is 0.0735. The highest BCUT2D eigenvalue weighted by atomic mass is 32.2. The lowest BCUT2D eigenvalue weighted by Crippen LogP contribution is -2.20. The molecule has 2 rings (SSSR count). The molecular formula is C13H11N3O6S2. The number of carboxylic acids is 2. The van der Waals surface area contributed by atoms with E-state index in [1.165, 1.54) is 11.3 Å². The summed E-state index contributed by atoms with van der Waals surface area (Å²) in [6.07, 6.45) is -1.01. The summed E-state index contributed by atoms with van der Waals surface area (Å²) < 4.78 is 0. The molecule has 9 nitrogen and oxygen atoms in total. The van der Waals surface area contributed by atoms with Crippen LogP contribution in [-0.4, -0.2) is 54.1 Å². The third-order valence-corrected chi connectivity index (χ3v) is 4.69. The molecule has 1 unspecified atom stereocenters. The van der Waals surface area contributed by atoms with Gasteiger partial charge in [-0.3, -0.25) is 24.3 Å². The van der Waals surface area contributed by atoms with Gasteiger partial charge in [-0.2, -0.15) is 4.98 Å². The minimum Gasteiger partial charge on any atom is -0.481 e. The maximum Gasteiger partial charge on any atom is 0.317 e. The van der Waals surface area contributed by atoms with Gasteiger partial charge in [0.15, 0.2) is 11.6 Å². The molecule has 0 radical (unpaired) electrons. The molecule has 0 amide bonds. The molecule has 0 spiro atoms. The summed E-state index contributed by atoms with van der Waals surface area (Å²) in [5, 5.41) is 24.0. The van der Waals surface area contributed by atoms with E-state index in [0.29, 0.717) is 16.6 Å². The van der Waals surface area contributed by atoms with Gasteiger partial charge >= 0.3 is 11.9 Å². The fourth-order valence-electron chi connectivity index (χ4n) is 1.64. The predicted molar refractivity (Wildman–Crippen MR) is 83.5 cm³/mol. The van der Waals surface area contributed by atoms with Gasteiger partial charge in [0.1, 0.15) is 5.25 Å². The lowest BCUT2D eigenvalue weighted by molar-refractivity contribution is -0.142. The number of aromatic nitrogens is 3. The fraction of sp³-hybridized carbons (Fsp3) is 0.231. The number of hydrogen-bond acceptors (Lipinski definition) is 8. The van der Waals surface area contributed by atoms with E-state index in [2.05, 4.69) is 15.2 Å². The van der Waals surface area contributed by atoms with Crippen LogP contribution < -0.4 is 0 Å². The van der Waals surface area contributed by atoms with Crippen LogP contribution in [0.5, 0.6) is 0 Å². The Kier molecular flexibility index (Phi) is 5.82. The van der Waals surface area contributed by atoms with Gasteiger partial charge in [0.2, 0.25) is 10.9 Å². The Balaban J connectivity index is 2.01. The number of carbonyl (C=O) groups excluding carboxylic acids is 2. The van der Waals surface area contributed by atoms with E-state index in [1.807, 2.05) is 0 Å². The van der Waals surface area contributed by atoms with Crippen LogP contribution >= 0.6 is 23.1 Å². The quantitative estimate of drug-likeness (QED) is 0.338. The number of thioether (sulfide) groups is 1. The van der Waals surface area contributed by atoms with E-state index in [1.54, 1.807) is 17.5 Å². The van der Waals surface area contributed by atoms with Crippen molar-refractivity contribution in [3.8, 4) is 0 Å². The van der Waals surface area contributed by atoms with E-state index in [-0.39, 0.29) is 16.8 Å². The predicted octanol–water partition coefficient (Wildman–Crippen LogP) is 1.34. The maximum absolute atomic E-state index is 12.0. The molecule has 2 aromatic heterocycles. The van der Waals surface area contributed by atoms with Crippen molar-refractivity contribution in [3.63, 3.8) is 0 Å². The molecule has 0 aliphatic carbocycles. The van der Waals surface area contributed by atoms with Crippen LogP contribution in [0.25, 0.3) is 0 Å². The number of aromatic amines is 1. The average molecular weight is 369 g/mol. The van der Waals surface area contributed by atoms with Crippen LogP contribution in [0.3, 0.4) is 0 Å². The minimum atomic E-state index is -1.33. The summed E-state index contributed by atoms with van der Waals surface area (Å²) >= 11 is 1.83. The SMILES string of the molecule is O=C(O)CC(Sc1n[nH]c(C(=O)CC(=O)c2cccs2)n1)C(=O)O. The Morgan fingerprint density at radius 1 is 1.25 bits per heavy atom. The molecule has 126 valence electrons. The van der Waals surface area contributed by atoms with Gasteiger partial charge < -0.3 is 10.2 Å². The van der Waals surface area contributed by atoms with Crippen LogP contribution in [0.2, 0.25) is 0 Å². The molecule has 0 aromatic carbocycles. The normalized spacial score (nSPS) is 11.8. The number of Topliss-reactive ketones (excluding diaryl/α,β-unsaturated/α-hetero) is 2. The standard InChI is InChI=1S/C13H11N3O6S2/c17-6(8-2-1-3-23-8)4-7(18)11-14-13(16-15-11)24-9(12(21)22)5-10(19)20/h1-3,9H,4-5H2,(H,19,20)(H,21,22)(H,14,15,16). The highest BCUT2D eigenvalue weighted by Gasteiger charge is 2.25. The summed E-state index contributed by atoms with van der Waals surface area (Å²) in [4.78, 5) is 49.8. The highest BCUT2D eigenvalue weighted by Crippen LogP contribution is 2.22. The van der Waals surface area contributed by atoms with Gasteiger partial charge in [0.05, 0.1) is 17.7 Å². The third-order valence-electron chi connectivity index (χ3n) is 2.73. The molecule has 0 fully saturated rings. The summed E-state index contributed by atoms with van der Waals surface area (Å²) in [5.41, 5.74) is 0. The first kappa shape index (κ1) is 17.8. The van der Waals surface area contributed by atoms with Gasteiger partial charge in [0, 0.05) is 0 Å². The molecule has 2 heterocycles. The zero-order valence-electron chi connectivity index (χ0n) is 12.0. The van der Waals surface area contributed by atoms with Crippen LogP contribution in [0.1, 0.15) is 33.1 Å². The molecule has 0 saturated heterocycles. The van der Waals surface area contributed by atoms with Crippen LogP contribution in [-0.2, 0) is 9.59 Å². The van der Waals surface area contributed by atoms with E-state index >= 15 is 0 Å². The number of hydrogen-bond donors (Lipinski definition) is 3. The fourth-order valence-corrected chi connectivity index (χ4v) is 3.13. The number of carbonyl (C=O) groups is 4. The molecule has 1 atom stereocenters. The Morgan fingerprint density at radius 2 is 2.00 bits per heavy atom. The molecule has 0 saturated carbocycles. The number of carboxylic acid groups (broad SMARTS) is 2. The van der Waals surface area contributed by atoms with E-state index in [9.17, 15) is 19.2 Å². The molecule has 0 aliphatic rings. The Bertz CT molecular complexity index is 771. The molecule has 3 N–H and O–H groups in total. The average Bonchev–Trinajstić information content (AvgIpc) is 3.17. The zero-order valence-corrected chi connectivity index (χ0v) is 13.6. The van der Waals surface area contributed by atoms with Crippen molar-refractivity contribution < 1.29 is 29.4 Å². The smallest absolute Gasteiger partial charge is 0.317 e. The van der Waals surface area contributed by atoms with Crippen LogP contribution in [0.4, 0.5) is 0 Å². The summed E-state index contributed by atoms with van der Waals surface area (Å²) in [6.45, 7) is 0. The van der Waals surface area contributed by atoms with Gasteiger partial charge in [0.25, 0.3) is 0 Å². The lowest BCUT2D eigenvalue weighted by atomic mass is 10.2. The van der Waals surface area contributed by atoms with Crippen molar-refractivity contribution in [2.75, 3.05) is 0 Å². The second-order valence-electron chi connectivity index (χ2n) is 4.51. The lowest BCUT2D eigenvalue weighted by Gasteiger charge is -2.05. The van der Waals surface area contributed by atoms with Crippen molar-refractivity contribution in [1.82, 2.24) is 15.2 Å². The number of rotatable bonds is 9.